The highest BCUT2D eigenvalue weighted by molar-refractivity contribution is 5.84. The zero-order valence-electron chi connectivity index (χ0n) is 12.0. The fourth-order valence-electron chi connectivity index (χ4n) is 2.58. The van der Waals surface area contributed by atoms with E-state index in [-0.39, 0.29) is 11.9 Å². The second-order valence-electron chi connectivity index (χ2n) is 5.41. The summed E-state index contributed by atoms with van der Waals surface area (Å²) in [5.41, 5.74) is 0.955. The van der Waals surface area contributed by atoms with E-state index in [0.29, 0.717) is 6.04 Å². The van der Waals surface area contributed by atoms with E-state index in [2.05, 4.69) is 17.2 Å². The third kappa shape index (κ3) is 3.46. The highest BCUT2D eigenvalue weighted by atomic mass is 16.2. The normalized spacial score (nSPS) is 21.0. The molecule has 0 bridgehead atoms. The van der Waals surface area contributed by atoms with Gasteiger partial charge in [0.2, 0.25) is 5.91 Å². The first-order chi connectivity index (χ1) is 9.08. The van der Waals surface area contributed by atoms with Crippen LogP contribution in [0, 0.1) is 6.92 Å². The second-order valence-corrected chi connectivity index (χ2v) is 5.41. The minimum atomic E-state index is -0.227. The van der Waals surface area contributed by atoms with Crippen LogP contribution in [0.1, 0.15) is 38.8 Å². The molecule has 0 radical (unpaired) electrons. The number of aryl methyl sites for hydroxylation is 1. The standard InChI is InChI=1S/C15H23N3O/c1-11-7-6-9-14(16-11)17-13(3)15(19)18-10-5-4-8-12(18)2/h6-7,9,12-13H,4-5,8,10H2,1-3H3,(H,16,17)/t12-,13-/m0/s1. The highest BCUT2D eigenvalue weighted by Crippen LogP contribution is 2.18. The maximum absolute atomic E-state index is 12.4. The van der Waals surface area contributed by atoms with Crippen molar-refractivity contribution in [1.82, 2.24) is 9.88 Å². The van der Waals surface area contributed by atoms with Gasteiger partial charge >= 0.3 is 0 Å². The number of rotatable bonds is 3. The van der Waals surface area contributed by atoms with Gasteiger partial charge in [0.25, 0.3) is 0 Å². The van der Waals surface area contributed by atoms with E-state index >= 15 is 0 Å². The Morgan fingerprint density at radius 1 is 1.47 bits per heavy atom. The molecular weight excluding hydrogens is 238 g/mol. The number of hydrogen-bond donors (Lipinski definition) is 1. The first-order valence-electron chi connectivity index (χ1n) is 7.08. The number of piperidine rings is 1. The molecule has 2 heterocycles. The lowest BCUT2D eigenvalue weighted by Gasteiger charge is -2.35. The Balaban J connectivity index is 1.99. The smallest absolute Gasteiger partial charge is 0.245 e. The third-order valence-electron chi connectivity index (χ3n) is 3.71. The van der Waals surface area contributed by atoms with E-state index in [1.807, 2.05) is 36.9 Å². The monoisotopic (exact) mass is 261 g/mol. The van der Waals surface area contributed by atoms with Crippen molar-refractivity contribution < 1.29 is 4.79 Å². The van der Waals surface area contributed by atoms with Crippen LogP contribution in [0.5, 0.6) is 0 Å². The number of carbonyl (C=O) groups is 1. The van der Waals surface area contributed by atoms with E-state index in [0.717, 1.165) is 30.9 Å². The van der Waals surface area contributed by atoms with Crippen LogP contribution in [0.15, 0.2) is 18.2 Å². The van der Waals surface area contributed by atoms with Crippen molar-refractivity contribution in [2.75, 3.05) is 11.9 Å². The molecule has 19 heavy (non-hydrogen) atoms. The molecule has 1 amide bonds. The van der Waals surface area contributed by atoms with Crippen LogP contribution in [0.25, 0.3) is 0 Å². The summed E-state index contributed by atoms with van der Waals surface area (Å²) in [6.45, 7) is 6.88. The molecule has 1 aromatic rings. The topological polar surface area (TPSA) is 45.2 Å². The number of anilines is 1. The predicted octanol–water partition coefficient (Wildman–Crippen LogP) is 2.59. The minimum absolute atomic E-state index is 0.176. The van der Waals surface area contributed by atoms with Gasteiger partial charge in [0.15, 0.2) is 0 Å². The van der Waals surface area contributed by atoms with Gasteiger partial charge in [-0.05, 0) is 52.2 Å². The Hall–Kier alpha value is -1.58. The van der Waals surface area contributed by atoms with Crippen LogP contribution < -0.4 is 5.32 Å². The lowest BCUT2D eigenvalue weighted by atomic mass is 10.0. The Labute approximate surface area is 115 Å². The van der Waals surface area contributed by atoms with Gasteiger partial charge in [-0.1, -0.05) is 6.07 Å². The molecule has 1 fully saturated rings. The lowest BCUT2D eigenvalue weighted by Crippen LogP contribution is -2.48. The minimum Gasteiger partial charge on any atom is -0.359 e. The molecule has 1 aliphatic rings. The van der Waals surface area contributed by atoms with Crippen molar-refractivity contribution in [1.29, 1.82) is 0 Å². The molecule has 1 aromatic heterocycles. The molecule has 1 saturated heterocycles. The van der Waals surface area contributed by atoms with E-state index in [4.69, 9.17) is 0 Å². The summed E-state index contributed by atoms with van der Waals surface area (Å²) >= 11 is 0. The summed E-state index contributed by atoms with van der Waals surface area (Å²) in [4.78, 5) is 18.8. The molecule has 1 aliphatic heterocycles. The molecule has 0 aliphatic carbocycles. The van der Waals surface area contributed by atoms with Gasteiger partial charge in [-0.15, -0.1) is 0 Å². The first-order valence-corrected chi connectivity index (χ1v) is 7.08. The van der Waals surface area contributed by atoms with Gasteiger partial charge < -0.3 is 10.2 Å². The number of nitrogens with one attached hydrogen (secondary N) is 1. The summed E-state index contributed by atoms with van der Waals surface area (Å²) < 4.78 is 0. The SMILES string of the molecule is Cc1cccc(N[C@@H](C)C(=O)N2CCCC[C@@H]2C)n1. The van der Waals surface area contributed by atoms with E-state index in [1.165, 1.54) is 6.42 Å². The average Bonchev–Trinajstić information content (AvgIpc) is 2.38. The summed E-state index contributed by atoms with van der Waals surface area (Å²) in [5, 5.41) is 3.20. The number of likely N-dealkylation sites (tertiary alicyclic amines) is 1. The fraction of sp³-hybridized carbons (Fsp3) is 0.600. The molecule has 1 N–H and O–H groups in total. The van der Waals surface area contributed by atoms with Gasteiger partial charge in [0.1, 0.15) is 11.9 Å². The van der Waals surface area contributed by atoms with Gasteiger partial charge in [0, 0.05) is 18.3 Å². The summed E-state index contributed by atoms with van der Waals surface area (Å²) in [6, 6.07) is 5.93. The number of aromatic nitrogens is 1. The molecule has 0 unspecified atom stereocenters. The summed E-state index contributed by atoms with van der Waals surface area (Å²) in [5.74, 6) is 0.945. The van der Waals surface area contributed by atoms with Crippen LogP contribution in [0.3, 0.4) is 0 Å². The number of amides is 1. The van der Waals surface area contributed by atoms with Gasteiger partial charge in [-0.25, -0.2) is 4.98 Å². The predicted molar refractivity (Wildman–Crippen MR) is 77.1 cm³/mol. The molecule has 4 heteroatoms. The van der Waals surface area contributed by atoms with Gasteiger partial charge in [-0.2, -0.15) is 0 Å². The number of nitrogens with zero attached hydrogens (tertiary/aromatic N) is 2. The van der Waals surface area contributed by atoms with E-state index < -0.39 is 0 Å². The number of hydrogen-bond acceptors (Lipinski definition) is 3. The third-order valence-corrected chi connectivity index (χ3v) is 3.71. The molecule has 0 spiro atoms. The van der Waals surface area contributed by atoms with Gasteiger partial charge in [0.05, 0.1) is 0 Å². The fourth-order valence-corrected chi connectivity index (χ4v) is 2.58. The molecule has 2 atom stereocenters. The molecular formula is C15H23N3O. The second kappa shape index (κ2) is 6.04. The zero-order valence-corrected chi connectivity index (χ0v) is 12.0. The van der Waals surface area contributed by atoms with Crippen LogP contribution in [0.2, 0.25) is 0 Å². The van der Waals surface area contributed by atoms with Crippen LogP contribution >= 0.6 is 0 Å². The molecule has 2 rings (SSSR count). The first kappa shape index (κ1) is 13.8. The Bertz CT molecular complexity index is 447. The van der Waals surface area contributed by atoms with Crippen molar-refractivity contribution in [3.05, 3.63) is 23.9 Å². The van der Waals surface area contributed by atoms with E-state index in [9.17, 15) is 4.79 Å². The molecule has 0 saturated carbocycles. The summed E-state index contributed by atoms with van der Waals surface area (Å²) in [7, 11) is 0. The van der Waals surface area contributed by atoms with Crippen molar-refractivity contribution in [2.24, 2.45) is 0 Å². The maximum atomic E-state index is 12.4. The molecule has 104 valence electrons. The Kier molecular flexibility index (Phi) is 4.40. The average molecular weight is 261 g/mol. The van der Waals surface area contributed by atoms with Crippen molar-refractivity contribution in [3.8, 4) is 0 Å². The number of carbonyl (C=O) groups excluding carboxylic acids is 1. The molecule has 0 aromatic carbocycles. The van der Waals surface area contributed by atoms with Crippen molar-refractivity contribution in [3.63, 3.8) is 0 Å². The van der Waals surface area contributed by atoms with Crippen LogP contribution in [-0.4, -0.2) is 34.4 Å². The molecule has 4 nitrogen and oxygen atoms in total. The Morgan fingerprint density at radius 2 is 2.26 bits per heavy atom. The maximum Gasteiger partial charge on any atom is 0.245 e. The largest absolute Gasteiger partial charge is 0.359 e. The van der Waals surface area contributed by atoms with Crippen LogP contribution in [-0.2, 0) is 4.79 Å². The van der Waals surface area contributed by atoms with Crippen molar-refractivity contribution >= 4 is 11.7 Å². The summed E-state index contributed by atoms with van der Waals surface area (Å²) in [6.07, 6.45) is 3.46. The van der Waals surface area contributed by atoms with E-state index in [1.54, 1.807) is 0 Å². The quantitative estimate of drug-likeness (QED) is 0.909. The Morgan fingerprint density at radius 3 is 2.95 bits per heavy atom. The number of pyridine rings is 1. The lowest BCUT2D eigenvalue weighted by molar-refractivity contribution is -0.134. The van der Waals surface area contributed by atoms with Crippen LogP contribution in [0.4, 0.5) is 5.82 Å². The highest BCUT2D eigenvalue weighted by Gasteiger charge is 2.26. The zero-order chi connectivity index (χ0) is 13.8. The van der Waals surface area contributed by atoms with Gasteiger partial charge in [-0.3, -0.25) is 4.79 Å². The van der Waals surface area contributed by atoms with Crippen molar-refractivity contribution in [2.45, 2.75) is 52.1 Å².